The van der Waals surface area contributed by atoms with E-state index >= 15 is 0 Å². The van der Waals surface area contributed by atoms with Gasteiger partial charge in [-0.05, 0) is 82.7 Å². The fourth-order valence-corrected chi connectivity index (χ4v) is 4.48. The minimum absolute atomic E-state index is 0.0593. The van der Waals surface area contributed by atoms with Crippen LogP contribution in [-0.4, -0.2) is 42.3 Å². The second-order valence-electron chi connectivity index (χ2n) is 6.52. The highest BCUT2D eigenvalue weighted by Crippen LogP contribution is 2.37. The number of carbonyl (C=O) groups is 3. The molecule has 0 spiro atoms. The second kappa shape index (κ2) is 10.8. The lowest BCUT2D eigenvalue weighted by atomic mass is 10.1. The highest BCUT2D eigenvalue weighted by molar-refractivity contribution is 14.1. The molecule has 32 heavy (non-hydrogen) atoms. The lowest BCUT2D eigenvalue weighted by Gasteiger charge is -2.13. The summed E-state index contributed by atoms with van der Waals surface area (Å²) in [7, 11) is 1.46. The molecule has 0 bridgehead atoms. The minimum atomic E-state index is -0.496. The maximum absolute atomic E-state index is 13.1. The molecular formula is C22H19FINO6S. The number of nitrogens with zero attached hydrogens (tertiary/aromatic N) is 1. The predicted octanol–water partition coefficient (Wildman–Crippen LogP) is 4.62. The van der Waals surface area contributed by atoms with Gasteiger partial charge in [0.15, 0.2) is 18.1 Å². The van der Waals surface area contributed by atoms with Gasteiger partial charge in [0, 0.05) is 0 Å². The van der Waals surface area contributed by atoms with Gasteiger partial charge in [-0.3, -0.25) is 14.5 Å². The van der Waals surface area contributed by atoms with Crippen molar-refractivity contribution in [1.82, 2.24) is 4.90 Å². The van der Waals surface area contributed by atoms with Crippen molar-refractivity contribution in [1.29, 1.82) is 0 Å². The summed E-state index contributed by atoms with van der Waals surface area (Å²) in [5, 5.41) is -0.401. The standard InChI is InChI=1S/C22H19FINO6S/c1-3-30-19(26)12-31-20-16(24)8-14(9-17(20)29-2)10-18-21(27)25(22(28)32-18)11-13-4-6-15(23)7-5-13/h4-10H,3,11-12H2,1-2H3/b18-10+. The molecule has 0 aromatic heterocycles. The van der Waals surface area contributed by atoms with Crippen LogP contribution in [0.25, 0.3) is 6.08 Å². The van der Waals surface area contributed by atoms with Gasteiger partial charge in [-0.15, -0.1) is 0 Å². The van der Waals surface area contributed by atoms with Crippen LogP contribution in [0.4, 0.5) is 9.18 Å². The number of ether oxygens (including phenoxy) is 3. The van der Waals surface area contributed by atoms with E-state index in [1.165, 1.54) is 31.4 Å². The van der Waals surface area contributed by atoms with Crippen molar-refractivity contribution in [3.63, 3.8) is 0 Å². The smallest absolute Gasteiger partial charge is 0.344 e. The Balaban J connectivity index is 1.79. The van der Waals surface area contributed by atoms with Gasteiger partial charge in [0.25, 0.3) is 11.1 Å². The fourth-order valence-electron chi connectivity index (χ4n) is 2.86. The summed E-state index contributed by atoms with van der Waals surface area (Å²) in [6, 6.07) is 9.03. The predicted molar refractivity (Wildman–Crippen MR) is 126 cm³/mol. The quantitative estimate of drug-likeness (QED) is 0.260. The lowest BCUT2D eigenvalue weighted by molar-refractivity contribution is -0.145. The van der Waals surface area contributed by atoms with Gasteiger partial charge in [-0.25, -0.2) is 9.18 Å². The number of amides is 2. The lowest BCUT2D eigenvalue weighted by Crippen LogP contribution is -2.27. The molecule has 1 saturated heterocycles. The van der Waals surface area contributed by atoms with E-state index in [0.29, 0.717) is 26.2 Å². The Morgan fingerprint density at radius 2 is 1.94 bits per heavy atom. The van der Waals surface area contributed by atoms with Gasteiger partial charge < -0.3 is 14.2 Å². The molecule has 2 amide bonds. The third-order valence-electron chi connectivity index (χ3n) is 4.32. The molecule has 0 saturated carbocycles. The van der Waals surface area contributed by atoms with Crippen molar-refractivity contribution in [3.8, 4) is 11.5 Å². The van der Waals surface area contributed by atoms with Crippen molar-refractivity contribution in [2.45, 2.75) is 13.5 Å². The van der Waals surface area contributed by atoms with Gasteiger partial charge in [-0.1, -0.05) is 12.1 Å². The molecule has 2 aromatic carbocycles. The number of halogens is 2. The van der Waals surface area contributed by atoms with Crippen LogP contribution in [0.3, 0.4) is 0 Å². The van der Waals surface area contributed by atoms with E-state index in [9.17, 15) is 18.8 Å². The van der Waals surface area contributed by atoms with Crippen molar-refractivity contribution >= 4 is 57.5 Å². The number of carbonyl (C=O) groups excluding carboxylic acids is 3. The number of methoxy groups -OCH3 is 1. The number of hydrogen-bond donors (Lipinski definition) is 0. The molecule has 3 rings (SSSR count). The van der Waals surface area contributed by atoms with Crippen molar-refractivity contribution in [2.75, 3.05) is 20.3 Å². The third-order valence-corrected chi connectivity index (χ3v) is 6.03. The average Bonchev–Trinajstić information content (AvgIpc) is 3.01. The summed E-state index contributed by atoms with van der Waals surface area (Å²) in [5.74, 6) is -0.563. The van der Waals surface area contributed by atoms with Crippen LogP contribution in [0, 0.1) is 9.39 Å². The molecule has 0 radical (unpaired) electrons. The molecular weight excluding hydrogens is 552 g/mol. The Kier molecular flexibility index (Phi) is 8.13. The van der Waals surface area contributed by atoms with E-state index in [2.05, 4.69) is 0 Å². The van der Waals surface area contributed by atoms with Crippen molar-refractivity contribution < 1.29 is 33.0 Å². The maximum atomic E-state index is 13.1. The first-order valence-corrected chi connectivity index (χ1v) is 11.4. The van der Waals surface area contributed by atoms with E-state index in [-0.39, 0.29) is 30.5 Å². The molecule has 1 aliphatic heterocycles. The molecule has 168 valence electrons. The van der Waals surface area contributed by atoms with Gasteiger partial charge in [0.2, 0.25) is 0 Å². The van der Waals surface area contributed by atoms with Crippen LogP contribution in [-0.2, 0) is 20.9 Å². The first kappa shape index (κ1) is 24.1. The van der Waals surface area contributed by atoms with Gasteiger partial charge >= 0.3 is 5.97 Å². The van der Waals surface area contributed by atoms with Crippen LogP contribution in [0.2, 0.25) is 0 Å². The maximum Gasteiger partial charge on any atom is 0.344 e. The fraction of sp³-hybridized carbons (Fsp3) is 0.227. The normalized spacial score (nSPS) is 14.8. The van der Waals surface area contributed by atoms with Crippen LogP contribution < -0.4 is 9.47 Å². The Hall–Kier alpha value is -2.60. The zero-order valence-corrected chi connectivity index (χ0v) is 20.2. The van der Waals surface area contributed by atoms with E-state index in [1.807, 2.05) is 22.6 Å². The Morgan fingerprint density at radius 3 is 2.59 bits per heavy atom. The van der Waals surface area contributed by atoms with Crippen LogP contribution >= 0.6 is 34.4 Å². The molecule has 2 aromatic rings. The number of thioether (sulfide) groups is 1. The molecule has 7 nitrogen and oxygen atoms in total. The van der Waals surface area contributed by atoms with E-state index in [4.69, 9.17) is 14.2 Å². The van der Waals surface area contributed by atoms with Crippen LogP contribution in [0.1, 0.15) is 18.1 Å². The Morgan fingerprint density at radius 1 is 1.22 bits per heavy atom. The first-order valence-electron chi connectivity index (χ1n) is 9.48. The highest BCUT2D eigenvalue weighted by atomic mass is 127. The third kappa shape index (κ3) is 5.80. The Bertz CT molecular complexity index is 1070. The summed E-state index contributed by atoms with van der Waals surface area (Å²) in [6.45, 7) is 1.76. The average molecular weight is 571 g/mol. The minimum Gasteiger partial charge on any atom is -0.493 e. The zero-order valence-electron chi connectivity index (χ0n) is 17.2. The van der Waals surface area contributed by atoms with Crippen LogP contribution in [0.15, 0.2) is 41.3 Å². The van der Waals surface area contributed by atoms with Gasteiger partial charge in [0.05, 0.1) is 28.7 Å². The molecule has 0 N–H and O–H groups in total. The molecule has 1 heterocycles. The number of benzene rings is 2. The highest BCUT2D eigenvalue weighted by Gasteiger charge is 2.35. The summed E-state index contributed by atoms with van der Waals surface area (Å²) in [6.07, 6.45) is 1.59. The molecule has 0 unspecified atom stereocenters. The molecule has 0 aliphatic carbocycles. The molecule has 1 aliphatic rings. The zero-order chi connectivity index (χ0) is 23.3. The van der Waals surface area contributed by atoms with E-state index in [0.717, 1.165) is 16.7 Å². The number of esters is 1. The Labute approximate surface area is 202 Å². The van der Waals surface area contributed by atoms with Gasteiger partial charge in [-0.2, -0.15) is 0 Å². The van der Waals surface area contributed by atoms with Crippen molar-refractivity contribution in [2.24, 2.45) is 0 Å². The summed E-state index contributed by atoms with van der Waals surface area (Å²) in [5.41, 5.74) is 1.27. The van der Waals surface area contributed by atoms with Crippen molar-refractivity contribution in [3.05, 3.63) is 61.8 Å². The second-order valence-corrected chi connectivity index (χ2v) is 8.68. The number of hydrogen-bond acceptors (Lipinski definition) is 7. The molecule has 0 atom stereocenters. The first-order chi connectivity index (χ1) is 15.3. The topological polar surface area (TPSA) is 82.1 Å². The number of rotatable bonds is 8. The summed E-state index contributed by atoms with van der Waals surface area (Å²) >= 11 is 2.87. The summed E-state index contributed by atoms with van der Waals surface area (Å²) < 4.78 is 29.5. The van der Waals surface area contributed by atoms with E-state index in [1.54, 1.807) is 25.1 Å². The summed E-state index contributed by atoms with van der Waals surface area (Å²) in [4.78, 5) is 38.1. The SMILES string of the molecule is CCOC(=O)COc1c(I)cc(/C=C2/SC(=O)N(Cc3ccc(F)cc3)C2=O)cc1OC. The van der Waals surface area contributed by atoms with E-state index < -0.39 is 17.1 Å². The van der Waals surface area contributed by atoms with Crippen LogP contribution in [0.5, 0.6) is 11.5 Å². The largest absolute Gasteiger partial charge is 0.493 e. The number of imide groups is 1. The molecule has 10 heteroatoms. The molecule has 1 fully saturated rings. The monoisotopic (exact) mass is 571 g/mol. The van der Waals surface area contributed by atoms with Gasteiger partial charge in [0.1, 0.15) is 5.82 Å².